The molecule has 0 aliphatic heterocycles. The summed E-state index contributed by atoms with van der Waals surface area (Å²) in [6.07, 6.45) is 1.71. The van der Waals surface area contributed by atoms with Crippen LogP contribution in [0.5, 0.6) is 0 Å². The highest BCUT2D eigenvalue weighted by molar-refractivity contribution is 5.89. The van der Waals surface area contributed by atoms with Gasteiger partial charge in [0.25, 0.3) is 0 Å². The molecule has 0 aliphatic carbocycles. The smallest absolute Gasteiger partial charge is 0.356 e. The van der Waals surface area contributed by atoms with Crippen LogP contribution in [0.25, 0.3) is 17.0 Å². The normalized spacial score (nSPS) is 11.0. The fraction of sp³-hybridized carbons (Fsp3) is 0.286. The van der Waals surface area contributed by atoms with Crippen molar-refractivity contribution in [1.82, 2.24) is 24.4 Å². The van der Waals surface area contributed by atoms with Crippen LogP contribution >= 0.6 is 0 Å². The zero-order valence-electron chi connectivity index (χ0n) is 12.1. The van der Waals surface area contributed by atoms with Crippen molar-refractivity contribution >= 4 is 11.6 Å². The monoisotopic (exact) mass is 285 g/mol. The number of hydrogen-bond acceptors (Lipinski definition) is 5. The minimum atomic E-state index is -0.450. The van der Waals surface area contributed by atoms with E-state index in [0.29, 0.717) is 17.0 Å². The first-order valence-electron chi connectivity index (χ1n) is 6.62. The van der Waals surface area contributed by atoms with E-state index in [2.05, 4.69) is 15.2 Å². The Hall–Kier alpha value is -2.70. The van der Waals surface area contributed by atoms with Crippen LogP contribution < -0.4 is 0 Å². The van der Waals surface area contributed by atoms with E-state index in [1.54, 1.807) is 12.3 Å². The van der Waals surface area contributed by atoms with Crippen LogP contribution in [0.1, 0.15) is 23.1 Å². The van der Waals surface area contributed by atoms with Crippen LogP contribution in [0.15, 0.2) is 24.4 Å². The third-order valence-electron chi connectivity index (χ3n) is 3.22. The predicted octanol–water partition coefficient (Wildman–Crippen LogP) is 1.71. The second-order valence-electron chi connectivity index (χ2n) is 4.61. The molecule has 7 nitrogen and oxygen atoms in total. The van der Waals surface area contributed by atoms with Gasteiger partial charge in [0, 0.05) is 18.8 Å². The molecular formula is C14H15N5O2. The average Bonchev–Trinajstić information content (AvgIpc) is 3.09. The lowest BCUT2D eigenvalue weighted by molar-refractivity contribution is 0.0590. The van der Waals surface area contributed by atoms with Crippen LogP contribution in [-0.4, -0.2) is 37.5 Å². The molecule has 0 fully saturated rings. The Morgan fingerprint density at radius 1 is 1.38 bits per heavy atom. The van der Waals surface area contributed by atoms with Crippen molar-refractivity contribution < 1.29 is 9.53 Å². The Morgan fingerprint density at radius 3 is 2.90 bits per heavy atom. The summed E-state index contributed by atoms with van der Waals surface area (Å²) in [4.78, 5) is 16.5. The van der Waals surface area contributed by atoms with E-state index in [0.717, 1.165) is 17.9 Å². The van der Waals surface area contributed by atoms with Gasteiger partial charge in [0.15, 0.2) is 11.3 Å². The molecule has 0 aliphatic rings. The van der Waals surface area contributed by atoms with Crippen molar-refractivity contribution in [2.45, 2.75) is 20.4 Å². The molecule has 0 saturated carbocycles. The molecule has 0 spiro atoms. The van der Waals surface area contributed by atoms with Gasteiger partial charge < -0.3 is 4.74 Å². The van der Waals surface area contributed by atoms with Crippen molar-refractivity contribution in [3.05, 3.63) is 35.8 Å². The second kappa shape index (κ2) is 5.01. The molecule has 3 heterocycles. The van der Waals surface area contributed by atoms with E-state index in [9.17, 15) is 4.79 Å². The third-order valence-corrected chi connectivity index (χ3v) is 3.22. The first-order valence-corrected chi connectivity index (χ1v) is 6.62. The number of rotatable bonds is 3. The molecule has 3 aromatic rings. The summed E-state index contributed by atoms with van der Waals surface area (Å²) in [6.45, 7) is 4.58. The number of aromatic nitrogens is 5. The van der Waals surface area contributed by atoms with Crippen molar-refractivity contribution in [2.75, 3.05) is 7.11 Å². The number of carbonyl (C=O) groups excluding carboxylic acids is 1. The fourth-order valence-electron chi connectivity index (χ4n) is 2.27. The van der Waals surface area contributed by atoms with Crippen molar-refractivity contribution in [2.24, 2.45) is 0 Å². The highest BCUT2D eigenvalue weighted by atomic mass is 16.5. The molecule has 0 bridgehead atoms. The number of nitrogens with zero attached hydrogens (tertiary/aromatic N) is 5. The lowest BCUT2D eigenvalue weighted by Crippen LogP contribution is -2.11. The predicted molar refractivity (Wildman–Crippen MR) is 76.0 cm³/mol. The molecule has 0 saturated heterocycles. The number of aryl methyl sites for hydroxylation is 2. The lowest BCUT2D eigenvalue weighted by atomic mass is 10.2. The topological polar surface area (TPSA) is 74.3 Å². The number of esters is 1. The van der Waals surface area contributed by atoms with E-state index < -0.39 is 5.97 Å². The first kappa shape index (κ1) is 13.3. The zero-order valence-corrected chi connectivity index (χ0v) is 12.1. The minimum Gasteiger partial charge on any atom is -0.464 e. The molecule has 108 valence electrons. The lowest BCUT2D eigenvalue weighted by Gasteiger charge is -2.07. The van der Waals surface area contributed by atoms with Gasteiger partial charge in [-0.15, -0.1) is 0 Å². The maximum atomic E-state index is 12.0. The number of carbonyl (C=O) groups is 1. The van der Waals surface area contributed by atoms with Crippen LogP contribution in [0.4, 0.5) is 0 Å². The van der Waals surface area contributed by atoms with Gasteiger partial charge in [-0.2, -0.15) is 10.2 Å². The quantitative estimate of drug-likeness (QED) is 0.685. The van der Waals surface area contributed by atoms with E-state index >= 15 is 0 Å². The van der Waals surface area contributed by atoms with Gasteiger partial charge in [-0.3, -0.25) is 4.68 Å². The van der Waals surface area contributed by atoms with E-state index in [4.69, 9.17) is 4.74 Å². The maximum Gasteiger partial charge on any atom is 0.356 e. The number of methoxy groups -OCH3 is 1. The van der Waals surface area contributed by atoms with Gasteiger partial charge in [0.05, 0.1) is 24.2 Å². The highest BCUT2D eigenvalue weighted by Gasteiger charge is 2.17. The third kappa shape index (κ3) is 2.16. The van der Waals surface area contributed by atoms with Gasteiger partial charge in [0.2, 0.25) is 0 Å². The summed E-state index contributed by atoms with van der Waals surface area (Å²) in [5, 5.41) is 8.51. The van der Waals surface area contributed by atoms with Crippen LogP contribution in [0.2, 0.25) is 0 Å². The number of hydrogen-bond donors (Lipinski definition) is 0. The van der Waals surface area contributed by atoms with Gasteiger partial charge in [-0.25, -0.2) is 14.3 Å². The molecule has 3 aromatic heterocycles. The Bertz CT molecular complexity index is 818. The van der Waals surface area contributed by atoms with Crippen molar-refractivity contribution in [1.29, 1.82) is 0 Å². The summed E-state index contributed by atoms with van der Waals surface area (Å²) in [5.74, 6) is -0.450. The zero-order chi connectivity index (χ0) is 15.0. The molecule has 0 unspecified atom stereocenters. The largest absolute Gasteiger partial charge is 0.464 e. The standard InChI is InChI=1S/C14H15N5O2/c1-4-18-11(5-6-15-18)10-8-12(14(20)21-3)19-13(16-10)7-9(2)17-19/h5-8H,4H2,1-3H3. The van der Waals surface area contributed by atoms with Crippen LogP contribution in [0, 0.1) is 6.92 Å². The summed E-state index contributed by atoms with van der Waals surface area (Å²) in [6, 6.07) is 5.36. The molecule has 0 radical (unpaired) electrons. The Labute approximate surface area is 121 Å². The Balaban J connectivity index is 2.27. The highest BCUT2D eigenvalue weighted by Crippen LogP contribution is 2.20. The summed E-state index contributed by atoms with van der Waals surface area (Å²) < 4.78 is 8.15. The van der Waals surface area contributed by atoms with E-state index in [1.165, 1.54) is 11.6 Å². The summed E-state index contributed by atoms with van der Waals surface area (Å²) >= 11 is 0. The molecule has 0 amide bonds. The van der Waals surface area contributed by atoms with Crippen LogP contribution in [-0.2, 0) is 11.3 Å². The molecule has 7 heteroatoms. The summed E-state index contributed by atoms with van der Waals surface area (Å²) in [7, 11) is 1.35. The summed E-state index contributed by atoms with van der Waals surface area (Å²) in [5.41, 5.74) is 3.25. The molecule has 0 aromatic carbocycles. The second-order valence-corrected chi connectivity index (χ2v) is 4.61. The SMILES string of the molecule is CCn1nccc1-c1cc(C(=O)OC)n2nc(C)cc2n1. The first-order chi connectivity index (χ1) is 10.1. The molecule has 3 rings (SSSR count). The van der Waals surface area contributed by atoms with Crippen LogP contribution in [0.3, 0.4) is 0 Å². The fourth-order valence-corrected chi connectivity index (χ4v) is 2.27. The number of ether oxygens (including phenoxy) is 1. The van der Waals surface area contributed by atoms with Gasteiger partial charge >= 0.3 is 5.97 Å². The molecular weight excluding hydrogens is 270 g/mol. The molecule has 21 heavy (non-hydrogen) atoms. The molecule has 0 atom stereocenters. The minimum absolute atomic E-state index is 0.342. The van der Waals surface area contributed by atoms with Crippen molar-refractivity contribution in [3.63, 3.8) is 0 Å². The number of fused-ring (bicyclic) bond motifs is 1. The Morgan fingerprint density at radius 2 is 2.19 bits per heavy atom. The van der Waals surface area contributed by atoms with Gasteiger partial charge in [0.1, 0.15) is 0 Å². The van der Waals surface area contributed by atoms with E-state index in [-0.39, 0.29) is 0 Å². The average molecular weight is 285 g/mol. The Kier molecular flexibility index (Phi) is 3.17. The molecule has 0 N–H and O–H groups in total. The van der Waals surface area contributed by atoms with Gasteiger partial charge in [-0.05, 0) is 26.0 Å². The van der Waals surface area contributed by atoms with E-state index in [1.807, 2.05) is 30.7 Å². The van der Waals surface area contributed by atoms with Crippen molar-refractivity contribution in [3.8, 4) is 11.4 Å². The maximum absolute atomic E-state index is 12.0. The van der Waals surface area contributed by atoms with Gasteiger partial charge in [-0.1, -0.05) is 0 Å².